The second-order valence-corrected chi connectivity index (χ2v) is 3.71. The lowest BCUT2D eigenvalue weighted by Gasteiger charge is -2.11. The van der Waals surface area contributed by atoms with Gasteiger partial charge >= 0.3 is 5.97 Å². The van der Waals surface area contributed by atoms with Crippen LogP contribution in [0.25, 0.3) is 0 Å². The molecule has 0 aliphatic carbocycles. The van der Waals surface area contributed by atoms with E-state index in [0.29, 0.717) is 12.1 Å². The molecule has 5 N–H and O–H groups in total. The molecule has 0 aromatic heterocycles. The van der Waals surface area contributed by atoms with Crippen molar-refractivity contribution < 1.29 is 29.1 Å². The number of amides is 1. The van der Waals surface area contributed by atoms with Crippen molar-refractivity contribution in [1.82, 2.24) is 0 Å². The van der Waals surface area contributed by atoms with Gasteiger partial charge in [0.25, 0.3) is 5.69 Å². The SMILES string of the molecule is NC(=O)C(O)CNc1cc(C(=O)O)c([N+](=O)[O-])cc1F. The molecule has 0 bridgehead atoms. The molecule has 10 heteroatoms. The zero-order valence-electron chi connectivity index (χ0n) is 9.87. The van der Waals surface area contributed by atoms with E-state index in [-0.39, 0.29) is 0 Å². The topological polar surface area (TPSA) is 156 Å². The molecule has 1 rings (SSSR count). The Morgan fingerprint density at radius 1 is 1.50 bits per heavy atom. The Labute approximate surface area is 111 Å². The van der Waals surface area contributed by atoms with Crippen molar-refractivity contribution in [2.24, 2.45) is 5.73 Å². The molecule has 0 heterocycles. The lowest BCUT2D eigenvalue weighted by molar-refractivity contribution is -0.385. The van der Waals surface area contributed by atoms with E-state index in [4.69, 9.17) is 15.9 Å². The van der Waals surface area contributed by atoms with Crippen LogP contribution in [-0.2, 0) is 4.79 Å². The van der Waals surface area contributed by atoms with Crippen molar-refractivity contribution in [2.75, 3.05) is 11.9 Å². The second kappa shape index (κ2) is 5.93. The highest BCUT2D eigenvalue weighted by Crippen LogP contribution is 2.26. The summed E-state index contributed by atoms with van der Waals surface area (Å²) in [5.74, 6) is -3.77. The van der Waals surface area contributed by atoms with Crippen LogP contribution in [0.15, 0.2) is 12.1 Å². The summed E-state index contributed by atoms with van der Waals surface area (Å²) in [5, 5.41) is 30.8. The monoisotopic (exact) mass is 287 g/mol. The molecule has 0 fully saturated rings. The first-order valence-corrected chi connectivity index (χ1v) is 5.16. The number of carboxylic acid groups (broad SMARTS) is 1. The molecule has 1 unspecified atom stereocenters. The van der Waals surface area contributed by atoms with E-state index in [1.165, 1.54) is 0 Å². The fourth-order valence-corrected chi connectivity index (χ4v) is 1.33. The maximum atomic E-state index is 13.5. The number of nitro groups is 1. The van der Waals surface area contributed by atoms with E-state index < -0.39 is 52.2 Å². The Kier molecular flexibility index (Phi) is 4.54. The number of aliphatic hydroxyl groups is 1. The number of nitrogens with two attached hydrogens (primary N) is 1. The molecule has 1 aromatic rings. The number of nitrogens with zero attached hydrogens (tertiary/aromatic N) is 1. The smallest absolute Gasteiger partial charge is 0.342 e. The van der Waals surface area contributed by atoms with Gasteiger partial charge in [-0.25, -0.2) is 9.18 Å². The number of nitrogens with one attached hydrogen (secondary N) is 1. The number of aromatic carboxylic acids is 1. The number of hydrogen-bond acceptors (Lipinski definition) is 6. The third-order valence-corrected chi connectivity index (χ3v) is 2.33. The summed E-state index contributed by atoms with van der Waals surface area (Å²) in [5.41, 5.74) is 2.73. The van der Waals surface area contributed by atoms with Gasteiger partial charge in [-0.3, -0.25) is 14.9 Å². The highest BCUT2D eigenvalue weighted by molar-refractivity contribution is 5.93. The Bertz CT molecular complexity index is 576. The van der Waals surface area contributed by atoms with E-state index in [9.17, 15) is 24.1 Å². The van der Waals surface area contributed by atoms with Gasteiger partial charge in [0, 0.05) is 6.54 Å². The molecule has 9 nitrogen and oxygen atoms in total. The average Bonchev–Trinajstić information content (AvgIpc) is 2.35. The van der Waals surface area contributed by atoms with Gasteiger partial charge in [0.15, 0.2) is 5.82 Å². The van der Waals surface area contributed by atoms with Crippen molar-refractivity contribution in [3.8, 4) is 0 Å². The van der Waals surface area contributed by atoms with Crippen molar-refractivity contribution in [2.45, 2.75) is 6.10 Å². The molecule has 0 aliphatic rings. The lowest BCUT2D eigenvalue weighted by atomic mass is 10.1. The maximum absolute atomic E-state index is 13.5. The summed E-state index contributed by atoms with van der Waals surface area (Å²) in [6, 6.07) is 1.13. The van der Waals surface area contributed by atoms with Crippen LogP contribution < -0.4 is 11.1 Å². The Hall–Kier alpha value is -2.75. The van der Waals surface area contributed by atoms with Gasteiger partial charge in [-0.2, -0.15) is 0 Å². The minimum Gasteiger partial charge on any atom is -0.477 e. The van der Waals surface area contributed by atoms with Crippen molar-refractivity contribution in [3.63, 3.8) is 0 Å². The highest BCUT2D eigenvalue weighted by Gasteiger charge is 2.23. The minimum absolute atomic E-state index is 0.409. The molecule has 20 heavy (non-hydrogen) atoms. The van der Waals surface area contributed by atoms with Crippen molar-refractivity contribution in [1.29, 1.82) is 0 Å². The van der Waals surface area contributed by atoms with Crippen LogP contribution in [-0.4, -0.2) is 39.7 Å². The van der Waals surface area contributed by atoms with Gasteiger partial charge < -0.3 is 21.3 Å². The van der Waals surface area contributed by atoms with Crippen LogP contribution in [0.1, 0.15) is 10.4 Å². The summed E-state index contributed by atoms with van der Waals surface area (Å²) in [6.07, 6.45) is -1.61. The molecule has 0 saturated heterocycles. The van der Waals surface area contributed by atoms with E-state index in [1.54, 1.807) is 0 Å². The fourth-order valence-electron chi connectivity index (χ4n) is 1.33. The summed E-state index contributed by atoms with van der Waals surface area (Å²) in [7, 11) is 0. The molecule has 0 saturated carbocycles. The molecule has 0 aliphatic heterocycles. The number of aliphatic hydroxyl groups excluding tert-OH is 1. The number of halogens is 1. The number of carbonyl (C=O) groups is 2. The third-order valence-electron chi connectivity index (χ3n) is 2.33. The molecule has 1 amide bonds. The summed E-state index contributed by atoms with van der Waals surface area (Å²) < 4.78 is 13.5. The number of carboxylic acids is 1. The second-order valence-electron chi connectivity index (χ2n) is 3.71. The van der Waals surface area contributed by atoms with Crippen LogP contribution >= 0.6 is 0 Å². The molecule has 1 atom stereocenters. The van der Waals surface area contributed by atoms with E-state index in [0.717, 1.165) is 0 Å². The standard InChI is InChI=1S/C10H10FN3O6/c11-5-2-7(14(19)20)4(10(17)18)1-6(5)13-3-8(15)9(12)16/h1-2,8,13,15H,3H2,(H2,12,16)(H,17,18). The molecule has 1 aromatic carbocycles. The quantitative estimate of drug-likeness (QED) is 0.413. The van der Waals surface area contributed by atoms with Crippen molar-refractivity contribution >= 4 is 23.3 Å². The molecule has 0 spiro atoms. The Morgan fingerprint density at radius 3 is 2.55 bits per heavy atom. The van der Waals surface area contributed by atoms with Crippen LogP contribution in [0.5, 0.6) is 0 Å². The summed E-state index contributed by atoms with van der Waals surface area (Å²) in [4.78, 5) is 31.0. The van der Waals surface area contributed by atoms with Gasteiger partial charge in [0.1, 0.15) is 11.7 Å². The average molecular weight is 287 g/mol. The zero-order valence-corrected chi connectivity index (χ0v) is 9.87. The van der Waals surface area contributed by atoms with Crippen LogP contribution in [0.3, 0.4) is 0 Å². The minimum atomic E-state index is -1.62. The van der Waals surface area contributed by atoms with Gasteiger partial charge in [-0.15, -0.1) is 0 Å². The number of rotatable bonds is 6. The number of hydrogen-bond donors (Lipinski definition) is 4. The third kappa shape index (κ3) is 3.38. The normalized spacial score (nSPS) is 11.7. The van der Waals surface area contributed by atoms with E-state index in [2.05, 4.69) is 5.32 Å². The van der Waals surface area contributed by atoms with E-state index in [1.807, 2.05) is 0 Å². The number of benzene rings is 1. The first kappa shape index (κ1) is 15.3. The fraction of sp³-hybridized carbons (Fsp3) is 0.200. The predicted molar refractivity (Wildman–Crippen MR) is 63.7 cm³/mol. The van der Waals surface area contributed by atoms with Crippen LogP contribution in [0.4, 0.5) is 15.8 Å². The van der Waals surface area contributed by atoms with Gasteiger partial charge in [0.2, 0.25) is 5.91 Å². The zero-order chi connectivity index (χ0) is 15.4. The Morgan fingerprint density at radius 2 is 2.10 bits per heavy atom. The Balaban J connectivity index is 3.10. The molecular formula is C10H10FN3O6. The van der Waals surface area contributed by atoms with Gasteiger partial charge in [-0.05, 0) is 6.07 Å². The molecule has 108 valence electrons. The highest BCUT2D eigenvalue weighted by atomic mass is 19.1. The maximum Gasteiger partial charge on any atom is 0.342 e. The number of anilines is 1. The molecule has 0 radical (unpaired) electrons. The number of primary amides is 1. The number of nitro benzene ring substituents is 1. The first-order valence-electron chi connectivity index (χ1n) is 5.16. The van der Waals surface area contributed by atoms with Crippen LogP contribution in [0.2, 0.25) is 0 Å². The largest absolute Gasteiger partial charge is 0.477 e. The van der Waals surface area contributed by atoms with Gasteiger partial charge in [-0.1, -0.05) is 0 Å². The first-order chi connectivity index (χ1) is 9.23. The van der Waals surface area contributed by atoms with Gasteiger partial charge in [0.05, 0.1) is 16.7 Å². The summed E-state index contributed by atoms with van der Waals surface area (Å²) >= 11 is 0. The molecular weight excluding hydrogens is 277 g/mol. The van der Waals surface area contributed by atoms with E-state index >= 15 is 0 Å². The lowest BCUT2D eigenvalue weighted by Crippen LogP contribution is -2.34. The van der Waals surface area contributed by atoms with Crippen molar-refractivity contribution in [3.05, 3.63) is 33.6 Å². The summed E-state index contributed by atoms with van der Waals surface area (Å²) in [6.45, 7) is -0.469. The van der Waals surface area contributed by atoms with Crippen LogP contribution in [0, 0.1) is 15.9 Å². The number of carbonyl (C=O) groups excluding carboxylic acids is 1. The predicted octanol–water partition coefficient (Wildman–Crippen LogP) is -0.310.